The average Bonchev–Trinajstić information content (AvgIpc) is 3.25. The Balaban J connectivity index is 1.59. The average molecular weight is 323 g/mol. The molecule has 2 amide bonds. The van der Waals surface area contributed by atoms with Gasteiger partial charge in [0.1, 0.15) is 5.01 Å². The Morgan fingerprint density at radius 1 is 1.09 bits per heavy atom. The van der Waals surface area contributed by atoms with E-state index in [0.29, 0.717) is 0 Å². The molecule has 1 saturated heterocycles. The summed E-state index contributed by atoms with van der Waals surface area (Å²) in [7, 11) is 0. The summed E-state index contributed by atoms with van der Waals surface area (Å²) in [5.74, 6) is 0. The minimum absolute atomic E-state index is 0.0136. The molecular weight excluding hydrogens is 306 g/mol. The molecular formula is C18H17N3OS. The molecule has 2 aromatic carbocycles. The number of carbonyl (C=O) groups excluding carboxylic acids is 1. The van der Waals surface area contributed by atoms with E-state index in [-0.39, 0.29) is 6.03 Å². The van der Waals surface area contributed by atoms with E-state index < -0.39 is 0 Å². The van der Waals surface area contributed by atoms with Gasteiger partial charge in [0.25, 0.3) is 0 Å². The molecule has 3 aromatic rings. The smallest absolute Gasteiger partial charge is 0.321 e. The molecule has 1 aliphatic heterocycles. The van der Waals surface area contributed by atoms with Crippen LogP contribution in [0.5, 0.6) is 0 Å². The number of anilines is 1. The van der Waals surface area contributed by atoms with Gasteiger partial charge in [-0.2, -0.15) is 0 Å². The fraction of sp³-hybridized carbons (Fsp3) is 0.222. The third kappa shape index (κ3) is 2.92. The van der Waals surface area contributed by atoms with E-state index in [2.05, 4.69) is 17.4 Å². The van der Waals surface area contributed by atoms with E-state index in [1.165, 1.54) is 0 Å². The number of carbonyl (C=O) groups is 1. The molecule has 1 aromatic heterocycles. The maximum atomic E-state index is 12.2. The second-order valence-corrected chi connectivity index (χ2v) is 6.72. The first-order valence-electron chi connectivity index (χ1n) is 7.81. The number of thiazole rings is 1. The molecule has 0 unspecified atom stereocenters. The summed E-state index contributed by atoms with van der Waals surface area (Å²) in [6.07, 6.45) is 2.19. The third-order valence-corrected chi connectivity index (χ3v) is 5.14. The Hall–Kier alpha value is -2.40. The van der Waals surface area contributed by atoms with Gasteiger partial charge in [-0.1, -0.05) is 30.3 Å². The molecule has 4 rings (SSSR count). The number of hydrogen-bond donors (Lipinski definition) is 1. The zero-order chi connectivity index (χ0) is 15.6. The highest BCUT2D eigenvalue weighted by molar-refractivity contribution is 7.21. The van der Waals surface area contributed by atoms with Crippen molar-refractivity contribution in [2.24, 2.45) is 0 Å². The van der Waals surface area contributed by atoms with Crippen molar-refractivity contribution in [2.45, 2.75) is 12.8 Å². The highest BCUT2D eigenvalue weighted by atomic mass is 32.1. The van der Waals surface area contributed by atoms with Gasteiger partial charge in [-0.15, -0.1) is 11.3 Å². The molecule has 2 heterocycles. The van der Waals surface area contributed by atoms with Crippen LogP contribution in [-0.2, 0) is 0 Å². The summed E-state index contributed by atoms with van der Waals surface area (Å²) in [5, 5.41) is 3.98. The molecule has 0 saturated carbocycles. The lowest BCUT2D eigenvalue weighted by molar-refractivity contribution is 0.222. The third-order valence-electron chi connectivity index (χ3n) is 4.05. The lowest BCUT2D eigenvalue weighted by atomic mass is 10.2. The summed E-state index contributed by atoms with van der Waals surface area (Å²) in [6.45, 7) is 1.70. The molecule has 5 heteroatoms. The highest BCUT2D eigenvalue weighted by Gasteiger charge is 2.18. The molecule has 116 valence electrons. The van der Waals surface area contributed by atoms with E-state index in [4.69, 9.17) is 4.98 Å². The van der Waals surface area contributed by atoms with Crippen LogP contribution in [0.25, 0.3) is 20.8 Å². The zero-order valence-corrected chi connectivity index (χ0v) is 13.5. The predicted molar refractivity (Wildman–Crippen MR) is 94.9 cm³/mol. The van der Waals surface area contributed by atoms with Gasteiger partial charge in [-0.05, 0) is 31.0 Å². The fourth-order valence-corrected chi connectivity index (χ4v) is 3.78. The molecule has 1 aliphatic rings. The summed E-state index contributed by atoms with van der Waals surface area (Å²) < 4.78 is 1.13. The number of urea groups is 1. The molecule has 0 radical (unpaired) electrons. The topological polar surface area (TPSA) is 45.2 Å². The number of aromatic nitrogens is 1. The van der Waals surface area contributed by atoms with Crippen molar-refractivity contribution in [3.8, 4) is 10.6 Å². The van der Waals surface area contributed by atoms with Crippen LogP contribution in [0.1, 0.15) is 12.8 Å². The van der Waals surface area contributed by atoms with Gasteiger partial charge in [0.15, 0.2) is 0 Å². The van der Waals surface area contributed by atoms with Crippen LogP contribution >= 0.6 is 11.3 Å². The second kappa shape index (κ2) is 6.01. The largest absolute Gasteiger partial charge is 0.325 e. The molecule has 0 aliphatic carbocycles. The Kier molecular flexibility index (Phi) is 3.71. The normalized spacial score (nSPS) is 14.3. The van der Waals surface area contributed by atoms with E-state index in [9.17, 15) is 4.79 Å². The van der Waals surface area contributed by atoms with Gasteiger partial charge in [0.2, 0.25) is 0 Å². The minimum atomic E-state index is -0.0136. The van der Waals surface area contributed by atoms with Gasteiger partial charge >= 0.3 is 6.03 Å². The number of nitrogens with one attached hydrogen (secondary N) is 1. The van der Waals surface area contributed by atoms with Crippen LogP contribution in [0.2, 0.25) is 0 Å². The summed E-state index contributed by atoms with van der Waals surface area (Å²) in [6, 6.07) is 16.1. The molecule has 23 heavy (non-hydrogen) atoms. The van der Waals surface area contributed by atoms with Crippen molar-refractivity contribution in [3.05, 3.63) is 48.5 Å². The van der Waals surface area contributed by atoms with Gasteiger partial charge in [0.05, 0.1) is 10.2 Å². The number of amides is 2. The van der Waals surface area contributed by atoms with Crippen molar-refractivity contribution in [1.82, 2.24) is 9.88 Å². The molecule has 0 atom stereocenters. The first-order valence-corrected chi connectivity index (χ1v) is 8.63. The maximum Gasteiger partial charge on any atom is 0.321 e. The SMILES string of the molecule is O=C(Nc1ccc2sc(-c3ccccc3)nc2c1)N1CCCC1. The standard InChI is InChI=1S/C18H17N3OS/c22-18(21-10-4-5-11-21)19-14-8-9-16-15(12-14)20-17(23-16)13-6-2-1-3-7-13/h1-3,6-9,12H,4-5,10-11H2,(H,19,22). The Morgan fingerprint density at radius 3 is 2.65 bits per heavy atom. The van der Waals surface area contributed by atoms with Crippen LogP contribution in [0, 0.1) is 0 Å². The van der Waals surface area contributed by atoms with Crippen LogP contribution in [-0.4, -0.2) is 29.0 Å². The second-order valence-electron chi connectivity index (χ2n) is 5.69. The van der Waals surface area contributed by atoms with Crippen LogP contribution in [0.3, 0.4) is 0 Å². The van der Waals surface area contributed by atoms with E-state index in [1.807, 2.05) is 41.3 Å². The van der Waals surface area contributed by atoms with Crippen molar-refractivity contribution in [1.29, 1.82) is 0 Å². The Morgan fingerprint density at radius 2 is 1.87 bits per heavy atom. The zero-order valence-electron chi connectivity index (χ0n) is 12.7. The van der Waals surface area contributed by atoms with E-state index in [0.717, 1.165) is 52.4 Å². The van der Waals surface area contributed by atoms with Gasteiger partial charge < -0.3 is 10.2 Å². The Bertz CT molecular complexity index is 838. The monoisotopic (exact) mass is 323 g/mol. The Labute approximate surface area is 138 Å². The summed E-state index contributed by atoms with van der Waals surface area (Å²) >= 11 is 1.67. The van der Waals surface area contributed by atoms with Crippen molar-refractivity contribution in [3.63, 3.8) is 0 Å². The van der Waals surface area contributed by atoms with E-state index in [1.54, 1.807) is 11.3 Å². The van der Waals surface area contributed by atoms with Gasteiger partial charge in [-0.3, -0.25) is 0 Å². The quantitative estimate of drug-likeness (QED) is 0.749. The van der Waals surface area contributed by atoms with Crippen LogP contribution in [0.15, 0.2) is 48.5 Å². The summed E-state index contributed by atoms with van der Waals surface area (Å²) in [5.41, 5.74) is 2.85. The molecule has 0 spiro atoms. The van der Waals surface area contributed by atoms with Gasteiger partial charge in [-0.25, -0.2) is 9.78 Å². The number of hydrogen-bond acceptors (Lipinski definition) is 3. The molecule has 1 N–H and O–H groups in total. The number of fused-ring (bicyclic) bond motifs is 1. The van der Waals surface area contributed by atoms with Crippen molar-refractivity contribution >= 4 is 33.3 Å². The molecule has 4 nitrogen and oxygen atoms in total. The van der Waals surface area contributed by atoms with Crippen molar-refractivity contribution < 1.29 is 4.79 Å². The molecule has 0 bridgehead atoms. The minimum Gasteiger partial charge on any atom is -0.325 e. The first kappa shape index (κ1) is 14.2. The maximum absolute atomic E-state index is 12.2. The van der Waals surface area contributed by atoms with E-state index >= 15 is 0 Å². The lowest BCUT2D eigenvalue weighted by Crippen LogP contribution is -2.32. The number of benzene rings is 2. The number of likely N-dealkylation sites (tertiary alicyclic amines) is 1. The predicted octanol–water partition coefficient (Wildman–Crippen LogP) is 4.59. The molecule has 1 fully saturated rings. The van der Waals surface area contributed by atoms with Crippen LogP contribution < -0.4 is 5.32 Å². The number of rotatable bonds is 2. The van der Waals surface area contributed by atoms with Crippen molar-refractivity contribution in [2.75, 3.05) is 18.4 Å². The summed E-state index contributed by atoms with van der Waals surface area (Å²) in [4.78, 5) is 18.7. The first-order chi connectivity index (χ1) is 11.3. The van der Waals surface area contributed by atoms with Gasteiger partial charge in [0, 0.05) is 24.3 Å². The highest BCUT2D eigenvalue weighted by Crippen LogP contribution is 2.31. The lowest BCUT2D eigenvalue weighted by Gasteiger charge is -2.16. The number of nitrogens with zero attached hydrogens (tertiary/aromatic N) is 2. The fourth-order valence-electron chi connectivity index (χ4n) is 2.83. The van der Waals surface area contributed by atoms with Crippen LogP contribution in [0.4, 0.5) is 10.5 Å².